The minimum absolute atomic E-state index is 0.248. The Balaban J connectivity index is 2.69. The molecule has 0 N–H and O–H groups in total. The zero-order chi connectivity index (χ0) is 14.9. The molecular formula is C11H10BrClFN3O2S. The second-order valence-corrected chi connectivity index (χ2v) is 7.33. The van der Waals surface area contributed by atoms with Crippen molar-refractivity contribution in [3.8, 4) is 11.4 Å². The Bertz CT molecular complexity index is 748. The summed E-state index contributed by atoms with van der Waals surface area (Å²) in [5.41, 5.74) is 0.414. The molecule has 2 aromatic rings. The van der Waals surface area contributed by atoms with Crippen molar-refractivity contribution < 1.29 is 12.8 Å². The first-order valence-electron chi connectivity index (χ1n) is 5.68. The monoisotopic (exact) mass is 381 g/mol. The molecule has 0 amide bonds. The molecule has 5 nitrogen and oxygen atoms in total. The van der Waals surface area contributed by atoms with E-state index in [1.54, 1.807) is 0 Å². The van der Waals surface area contributed by atoms with Crippen LogP contribution in [0.2, 0.25) is 0 Å². The van der Waals surface area contributed by atoms with Gasteiger partial charge in [-0.15, -0.1) is 10.2 Å². The fourth-order valence-corrected chi connectivity index (χ4v) is 3.11. The zero-order valence-electron chi connectivity index (χ0n) is 10.3. The number of hydrogen-bond acceptors (Lipinski definition) is 4. The van der Waals surface area contributed by atoms with Crippen molar-refractivity contribution in [2.45, 2.75) is 25.0 Å². The zero-order valence-corrected chi connectivity index (χ0v) is 13.5. The van der Waals surface area contributed by atoms with Crippen LogP contribution in [-0.2, 0) is 15.6 Å². The molecule has 0 spiro atoms. The fourth-order valence-electron chi connectivity index (χ4n) is 1.76. The van der Waals surface area contributed by atoms with Gasteiger partial charge in [-0.1, -0.05) is 22.9 Å². The van der Waals surface area contributed by atoms with Crippen LogP contribution in [0.3, 0.4) is 0 Å². The molecule has 1 aromatic heterocycles. The molecule has 0 bridgehead atoms. The van der Waals surface area contributed by atoms with Gasteiger partial charge in [0.05, 0.1) is 0 Å². The topological polar surface area (TPSA) is 64.8 Å². The number of nitrogens with zero attached hydrogens (tertiary/aromatic N) is 3. The van der Waals surface area contributed by atoms with E-state index in [1.807, 2.05) is 6.92 Å². The van der Waals surface area contributed by atoms with Crippen molar-refractivity contribution in [2.24, 2.45) is 0 Å². The molecule has 20 heavy (non-hydrogen) atoms. The maximum Gasteiger partial charge on any atom is 0.296 e. The summed E-state index contributed by atoms with van der Waals surface area (Å²) in [6.45, 7) is 2.22. The van der Waals surface area contributed by atoms with E-state index in [2.05, 4.69) is 26.1 Å². The van der Waals surface area contributed by atoms with E-state index in [0.717, 1.165) is 0 Å². The molecule has 0 atom stereocenters. The minimum atomic E-state index is -4.01. The minimum Gasteiger partial charge on any atom is -0.297 e. The van der Waals surface area contributed by atoms with Crippen molar-refractivity contribution in [1.29, 1.82) is 0 Å². The Morgan fingerprint density at radius 3 is 2.70 bits per heavy atom. The number of benzene rings is 1. The molecular weight excluding hydrogens is 373 g/mol. The summed E-state index contributed by atoms with van der Waals surface area (Å²) in [6, 6.07) is 4.06. The van der Waals surface area contributed by atoms with Gasteiger partial charge in [-0.25, -0.2) is 12.8 Å². The normalized spacial score (nSPS) is 11.8. The molecule has 0 aliphatic heterocycles. The van der Waals surface area contributed by atoms with Gasteiger partial charge in [0.1, 0.15) is 5.82 Å². The van der Waals surface area contributed by atoms with Crippen LogP contribution in [-0.4, -0.2) is 23.2 Å². The van der Waals surface area contributed by atoms with E-state index < -0.39 is 14.9 Å². The van der Waals surface area contributed by atoms with E-state index >= 15 is 0 Å². The number of rotatable bonds is 4. The Morgan fingerprint density at radius 2 is 2.10 bits per heavy atom. The maximum absolute atomic E-state index is 13.4. The van der Waals surface area contributed by atoms with Crippen LogP contribution in [0.5, 0.6) is 0 Å². The standard InChI is InChI=1S/C11H10BrClFN3O2S/c1-2-5-17-10(15-16-11(17)20(13,18)19)8-6-7(14)3-4-9(8)12/h3-4,6H,2,5H2,1H3. The summed E-state index contributed by atoms with van der Waals surface area (Å²) in [7, 11) is 1.32. The Hall–Kier alpha value is -0.990. The van der Waals surface area contributed by atoms with E-state index in [9.17, 15) is 12.8 Å². The molecule has 1 heterocycles. The van der Waals surface area contributed by atoms with Crippen molar-refractivity contribution in [1.82, 2.24) is 14.8 Å². The molecule has 2 rings (SSSR count). The largest absolute Gasteiger partial charge is 0.297 e. The average molecular weight is 383 g/mol. The van der Waals surface area contributed by atoms with Crippen LogP contribution < -0.4 is 0 Å². The van der Waals surface area contributed by atoms with Crippen LogP contribution in [0.4, 0.5) is 4.39 Å². The Morgan fingerprint density at radius 1 is 1.40 bits per heavy atom. The van der Waals surface area contributed by atoms with Gasteiger partial charge in [-0.3, -0.25) is 4.57 Å². The van der Waals surface area contributed by atoms with Crippen molar-refractivity contribution in [2.75, 3.05) is 0 Å². The quantitative estimate of drug-likeness (QED) is 0.762. The molecule has 1 aromatic carbocycles. The van der Waals surface area contributed by atoms with E-state index in [0.29, 0.717) is 23.0 Å². The van der Waals surface area contributed by atoms with Crippen LogP contribution in [0, 0.1) is 5.82 Å². The summed E-state index contributed by atoms with van der Waals surface area (Å²) >= 11 is 3.28. The van der Waals surface area contributed by atoms with Gasteiger partial charge in [0.25, 0.3) is 14.2 Å². The molecule has 108 valence electrons. The smallest absolute Gasteiger partial charge is 0.296 e. The van der Waals surface area contributed by atoms with Gasteiger partial charge in [-0.2, -0.15) is 0 Å². The molecule has 0 aliphatic carbocycles. The van der Waals surface area contributed by atoms with Gasteiger partial charge < -0.3 is 0 Å². The average Bonchev–Trinajstić information content (AvgIpc) is 2.76. The van der Waals surface area contributed by atoms with Gasteiger partial charge in [-0.05, 0) is 24.6 Å². The molecule has 9 heteroatoms. The highest BCUT2D eigenvalue weighted by atomic mass is 79.9. The molecule has 0 fully saturated rings. The number of halogens is 3. The lowest BCUT2D eigenvalue weighted by Gasteiger charge is -2.08. The van der Waals surface area contributed by atoms with Gasteiger partial charge >= 0.3 is 0 Å². The highest BCUT2D eigenvalue weighted by molar-refractivity contribution is 9.10. The van der Waals surface area contributed by atoms with Gasteiger partial charge in [0, 0.05) is 27.3 Å². The van der Waals surface area contributed by atoms with Crippen LogP contribution in [0.25, 0.3) is 11.4 Å². The predicted molar refractivity (Wildman–Crippen MR) is 76.4 cm³/mol. The summed E-state index contributed by atoms with van der Waals surface area (Å²) in [5, 5.41) is 7.09. The second kappa shape index (κ2) is 5.79. The fraction of sp³-hybridized carbons (Fsp3) is 0.273. The third-order valence-electron chi connectivity index (χ3n) is 2.55. The van der Waals surface area contributed by atoms with Crippen molar-refractivity contribution >= 4 is 35.7 Å². The highest BCUT2D eigenvalue weighted by Gasteiger charge is 2.24. The first-order chi connectivity index (χ1) is 9.34. The van der Waals surface area contributed by atoms with E-state index in [1.165, 1.54) is 22.8 Å². The van der Waals surface area contributed by atoms with Gasteiger partial charge in [0.15, 0.2) is 5.82 Å². The first-order valence-corrected chi connectivity index (χ1v) is 8.78. The Kier molecular flexibility index (Phi) is 4.46. The molecule has 0 aliphatic rings. The maximum atomic E-state index is 13.4. The van der Waals surface area contributed by atoms with E-state index in [-0.39, 0.29) is 11.0 Å². The third kappa shape index (κ3) is 3.02. The third-order valence-corrected chi connectivity index (χ3v) is 4.40. The van der Waals surface area contributed by atoms with Crippen LogP contribution in [0.1, 0.15) is 13.3 Å². The van der Waals surface area contributed by atoms with Gasteiger partial charge in [0.2, 0.25) is 0 Å². The Labute approximate surface area is 128 Å². The highest BCUT2D eigenvalue weighted by Crippen LogP contribution is 2.29. The lowest BCUT2D eigenvalue weighted by molar-refractivity contribution is 0.569. The predicted octanol–water partition coefficient (Wildman–Crippen LogP) is 3.18. The van der Waals surface area contributed by atoms with Crippen LogP contribution >= 0.6 is 26.6 Å². The van der Waals surface area contributed by atoms with Crippen molar-refractivity contribution in [3.63, 3.8) is 0 Å². The summed E-state index contributed by atoms with van der Waals surface area (Å²) in [6.07, 6.45) is 0.650. The first kappa shape index (κ1) is 15.4. The molecule has 0 unspecified atom stereocenters. The number of aromatic nitrogens is 3. The summed E-state index contributed by atoms with van der Waals surface area (Å²) in [5.74, 6) is -0.207. The molecule has 0 saturated carbocycles. The number of hydrogen-bond donors (Lipinski definition) is 0. The van der Waals surface area contributed by atoms with E-state index in [4.69, 9.17) is 10.7 Å². The summed E-state index contributed by atoms with van der Waals surface area (Å²) in [4.78, 5) is 0. The molecule has 0 saturated heterocycles. The lowest BCUT2D eigenvalue weighted by atomic mass is 10.2. The second-order valence-electron chi connectivity index (χ2n) is 4.02. The summed E-state index contributed by atoms with van der Waals surface area (Å²) < 4.78 is 38.3. The van der Waals surface area contributed by atoms with Crippen LogP contribution in [0.15, 0.2) is 27.8 Å². The SMILES string of the molecule is CCCn1c(-c2cc(F)ccc2Br)nnc1S(=O)(=O)Cl. The van der Waals surface area contributed by atoms with Crippen molar-refractivity contribution in [3.05, 3.63) is 28.5 Å². The lowest BCUT2D eigenvalue weighted by Crippen LogP contribution is -2.08. The molecule has 0 radical (unpaired) electrons.